The number of halogens is 1. The van der Waals surface area contributed by atoms with E-state index in [1.54, 1.807) is 6.92 Å². The van der Waals surface area contributed by atoms with Crippen LogP contribution in [0.3, 0.4) is 0 Å². The van der Waals surface area contributed by atoms with E-state index in [4.69, 9.17) is 10.9 Å². The van der Waals surface area contributed by atoms with E-state index in [1.807, 2.05) is 0 Å². The maximum atomic E-state index is 11.0. The summed E-state index contributed by atoms with van der Waals surface area (Å²) < 4.78 is 22.5. The molecule has 0 radical (unpaired) electrons. The molecule has 4 nitrogen and oxygen atoms in total. The molecule has 72 valence electrons. The molecule has 0 spiro atoms. The smallest absolute Gasteiger partial charge is 0.238 e. The molecule has 1 aromatic carbocycles. The van der Waals surface area contributed by atoms with Gasteiger partial charge in [0.05, 0.1) is 4.90 Å². The quantitative estimate of drug-likeness (QED) is 0.742. The second-order valence-electron chi connectivity index (χ2n) is 2.66. The Hall–Kier alpha value is -0.590. The molecule has 0 fully saturated rings. The topological polar surface area (TPSA) is 86.2 Å². The van der Waals surface area contributed by atoms with Crippen LogP contribution in [-0.2, 0) is 10.0 Å². The Kier molecular flexibility index (Phi) is 2.65. The van der Waals surface area contributed by atoms with Gasteiger partial charge >= 0.3 is 0 Å². The number of hydrogen-bond acceptors (Lipinski definition) is 3. The van der Waals surface area contributed by atoms with E-state index in [2.05, 4.69) is 15.9 Å². The van der Waals surface area contributed by atoms with Crippen LogP contribution in [-0.4, -0.2) is 8.42 Å². The molecule has 1 aromatic rings. The summed E-state index contributed by atoms with van der Waals surface area (Å²) in [6.07, 6.45) is 0. The van der Waals surface area contributed by atoms with Crippen molar-refractivity contribution in [3.05, 3.63) is 22.2 Å². The van der Waals surface area contributed by atoms with Crippen molar-refractivity contribution in [3.8, 4) is 0 Å². The fraction of sp³-hybridized carbons (Fsp3) is 0.143. The van der Waals surface area contributed by atoms with Crippen molar-refractivity contribution in [1.29, 1.82) is 0 Å². The fourth-order valence-corrected chi connectivity index (χ4v) is 2.04. The van der Waals surface area contributed by atoms with Gasteiger partial charge in [-0.3, -0.25) is 0 Å². The van der Waals surface area contributed by atoms with Gasteiger partial charge in [0, 0.05) is 10.2 Å². The van der Waals surface area contributed by atoms with Crippen LogP contribution in [0.1, 0.15) is 5.56 Å². The molecule has 0 unspecified atom stereocenters. The minimum atomic E-state index is -3.67. The van der Waals surface area contributed by atoms with Gasteiger partial charge in [0.2, 0.25) is 10.0 Å². The van der Waals surface area contributed by atoms with Gasteiger partial charge < -0.3 is 5.73 Å². The maximum Gasteiger partial charge on any atom is 0.238 e. The minimum Gasteiger partial charge on any atom is -0.398 e. The molecule has 0 saturated heterocycles. The predicted octanol–water partition coefficient (Wildman–Crippen LogP) is 0.987. The lowest BCUT2D eigenvalue weighted by molar-refractivity contribution is 0.598. The normalized spacial score (nSPS) is 11.6. The summed E-state index contributed by atoms with van der Waals surface area (Å²) in [7, 11) is -3.67. The van der Waals surface area contributed by atoms with E-state index in [9.17, 15) is 8.42 Å². The summed E-state index contributed by atoms with van der Waals surface area (Å²) in [5, 5.41) is 4.94. The Morgan fingerprint density at radius 3 is 2.31 bits per heavy atom. The van der Waals surface area contributed by atoms with Gasteiger partial charge in [-0.15, -0.1) is 0 Å². The molecule has 0 aliphatic heterocycles. The molecule has 4 N–H and O–H groups in total. The molecule has 0 atom stereocenters. The second kappa shape index (κ2) is 3.28. The van der Waals surface area contributed by atoms with E-state index in [0.717, 1.165) is 5.56 Å². The Balaban J connectivity index is 3.47. The van der Waals surface area contributed by atoms with Crippen LogP contribution in [0.2, 0.25) is 0 Å². The molecular weight excluding hydrogens is 256 g/mol. The van der Waals surface area contributed by atoms with E-state index >= 15 is 0 Å². The third-order valence-corrected chi connectivity index (χ3v) is 3.40. The zero-order valence-corrected chi connectivity index (χ0v) is 9.31. The molecule has 0 heterocycles. The minimum absolute atomic E-state index is 0.0162. The van der Waals surface area contributed by atoms with Crippen molar-refractivity contribution in [3.63, 3.8) is 0 Å². The van der Waals surface area contributed by atoms with Crippen LogP contribution >= 0.6 is 15.9 Å². The SMILES string of the molecule is Cc1c(N)cc(S(N)(=O)=O)cc1Br. The Morgan fingerprint density at radius 1 is 1.38 bits per heavy atom. The Morgan fingerprint density at radius 2 is 1.92 bits per heavy atom. The third kappa shape index (κ3) is 2.20. The lowest BCUT2D eigenvalue weighted by atomic mass is 10.2. The van der Waals surface area contributed by atoms with Crippen molar-refractivity contribution >= 4 is 31.6 Å². The first-order valence-electron chi connectivity index (χ1n) is 3.41. The highest BCUT2D eigenvalue weighted by Crippen LogP contribution is 2.25. The Labute approximate surface area is 85.1 Å². The zero-order valence-electron chi connectivity index (χ0n) is 6.91. The van der Waals surface area contributed by atoms with E-state index in [1.165, 1.54) is 12.1 Å². The number of sulfonamides is 1. The van der Waals surface area contributed by atoms with Crippen LogP contribution in [0.4, 0.5) is 5.69 Å². The average molecular weight is 265 g/mol. The van der Waals surface area contributed by atoms with Gasteiger partial charge in [-0.05, 0) is 24.6 Å². The maximum absolute atomic E-state index is 11.0. The van der Waals surface area contributed by atoms with E-state index in [-0.39, 0.29) is 4.90 Å². The third-order valence-electron chi connectivity index (χ3n) is 1.69. The van der Waals surface area contributed by atoms with Crippen LogP contribution in [0, 0.1) is 6.92 Å². The highest BCUT2D eigenvalue weighted by Gasteiger charge is 2.11. The first kappa shape index (κ1) is 10.5. The number of rotatable bonds is 1. The number of benzene rings is 1. The average Bonchev–Trinajstić information content (AvgIpc) is 1.97. The van der Waals surface area contributed by atoms with Gasteiger partial charge in [-0.25, -0.2) is 13.6 Å². The van der Waals surface area contributed by atoms with Crippen molar-refractivity contribution in [2.24, 2.45) is 5.14 Å². The first-order chi connectivity index (χ1) is 5.82. The highest BCUT2D eigenvalue weighted by molar-refractivity contribution is 9.10. The number of hydrogen-bond donors (Lipinski definition) is 2. The van der Waals surface area contributed by atoms with Crippen LogP contribution in [0.5, 0.6) is 0 Å². The number of primary sulfonamides is 1. The lowest BCUT2D eigenvalue weighted by Crippen LogP contribution is -2.12. The molecule has 0 saturated carbocycles. The fourth-order valence-electron chi connectivity index (χ4n) is 0.838. The van der Waals surface area contributed by atoms with Crippen LogP contribution < -0.4 is 10.9 Å². The zero-order chi connectivity index (χ0) is 10.2. The molecule has 0 aliphatic rings. The molecule has 1 rings (SSSR count). The van der Waals surface area contributed by atoms with Crippen molar-refractivity contribution in [2.75, 3.05) is 5.73 Å². The van der Waals surface area contributed by atoms with Crippen molar-refractivity contribution in [2.45, 2.75) is 11.8 Å². The predicted molar refractivity (Wildman–Crippen MR) is 54.7 cm³/mol. The number of nitrogen functional groups attached to an aromatic ring is 1. The molecule has 13 heavy (non-hydrogen) atoms. The lowest BCUT2D eigenvalue weighted by Gasteiger charge is -2.05. The van der Waals surface area contributed by atoms with Gasteiger partial charge in [0.25, 0.3) is 0 Å². The van der Waals surface area contributed by atoms with E-state index in [0.29, 0.717) is 10.2 Å². The number of anilines is 1. The largest absolute Gasteiger partial charge is 0.398 e. The monoisotopic (exact) mass is 264 g/mol. The van der Waals surface area contributed by atoms with Crippen LogP contribution in [0.15, 0.2) is 21.5 Å². The van der Waals surface area contributed by atoms with Crippen molar-refractivity contribution in [1.82, 2.24) is 0 Å². The molecule has 0 aliphatic carbocycles. The standard InChI is InChI=1S/C7H9BrN2O2S/c1-4-6(8)2-5(3-7(4)9)13(10,11)12/h2-3H,9H2,1H3,(H2,10,11,12). The van der Waals surface area contributed by atoms with Gasteiger partial charge in [0.1, 0.15) is 0 Å². The first-order valence-corrected chi connectivity index (χ1v) is 5.74. The summed E-state index contributed by atoms with van der Waals surface area (Å²) in [6.45, 7) is 1.78. The summed E-state index contributed by atoms with van der Waals surface area (Å²) in [6, 6.07) is 2.77. The Bertz CT molecular complexity index is 419. The highest BCUT2D eigenvalue weighted by atomic mass is 79.9. The van der Waals surface area contributed by atoms with Gasteiger partial charge in [0.15, 0.2) is 0 Å². The summed E-state index contributed by atoms with van der Waals surface area (Å²) in [5.41, 5.74) is 6.77. The molecular formula is C7H9BrN2O2S. The molecule has 0 aromatic heterocycles. The van der Waals surface area contributed by atoms with Gasteiger partial charge in [-0.2, -0.15) is 0 Å². The number of nitrogens with two attached hydrogens (primary N) is 2. The molecule has 6 heteroatoms. The van der Waals surface area contributed by atoms with Crippen molar-refractivity contribution < 1.29 is 8.42 Å². The summed E-state index contributed by atoms with van der Waals surface area (Å²) in [5.74, 6) is 0. The second-order valence-corrected chi connectivity index (χ2v) is 5.08. The van der Waals surface area contributed by atoms with Crippen LogP contribution in [0.25, 0.3) is 0 Å². The molecule has 0 bridgehead atoms. The van der Waals surface area contributed by atoms with E-state index < -0.39 is 10.0 Å². The molecule has 0 amide bonds. The summed E-state index contributed by atoms with van der Waals surface area (Å²) >= 11 is 3.19. The van der Waals surface area contributed by atoms with Gasteiger partial charge in [-0.1, -0.05) is 15.9 Å². The summed E-state index contributed by atoms with van der Waals surface area (Å²) in [4.78, 5) is 0.0162.